The predicted molar refractivity (Wildman–Crippen MR) is 246 cm³/mol. The average Bonchev–Trinajstić information content (AvgIpc) is 3.80. The van der Waals surface area contributed by atoms with Gasteiger partial charge in [0.05, 0.1) is 16.7 Å². The Morgan fingerprint density at radius 1 is 0.351 bits per heavy atom. The molecule has 3 heteroatoms. The summed E-state index contributed by atoms with van der Waals surface area (Å²) in [6, 6.07) is 75.9. The summed E-state index contributed by atoms with van der Waals surface area (Å²) in [7, 11) is 0. The minimum Gasteiger partial charge on any atom is -0.310 e. The van der Waals surface area contributed by atoms with Gasteiger partial charge in [0.1, 0.15) is 0 Å². The summed E-state index contributed by atoms with van der Waals surface area (Å²) in [6.07, 6.45) is 0. The maximum Gasteiger partial charge on any atom is 0.0547 e. The SMILES string of the molecule is c1ccc2cc(-c3ccc(N(c4ccc(-n5c6ccccc6c6cc7ccccc7cc65)cc4)c4ccc5c(c4)sc4ccccc45)c4ccccc34)ccc2c1. The topological polar surface area (TPSA) is 8.17 Å². The first-order chi connectivity index (χ1) is 28.2. The van der Waals surface area contributed by atoms with Crippen LogP contribution in [-0.2, 0) is 0 Å². The second-order valence-corrected chi connectivity index (χ2v) is 16.0. The van der Waals surface area contributed by atoms with Crippen LogP contribution in [0.4, 0.5) is 17.1 Å². The van der Waals surface area contributed by atoms with Gasteiger partial charge in [0, 0.05) is 53.4 Å². The predicted octanol–water partition coefficient (Wildman–Crippen LogP) is 15.7. The maximum absolute atomic E-state index is 2.44. The number of thiophene rings is 1. The quantitative estimate of drug-likeness (QED) is 0.170. The molecule has 12 rings (SSSR count). The van der Waals surface area contributed by atoms with Crippen LogP contribution in [0.25, 0.3) is 91.1 Å². The van der Waals surface area contributed by atoms with Crippen LogP contribution in [0.1, 0.15) is 0 Å². The van der Waals surface area contributed by atoms with Gasteiger partial charge in [0.15, 0.2) is 0 Å². The molecule has 57 heavy (non-hydrogen) atoms. The van der Waals surface area contributed by atoms with E-state index in [9.17, 15) is 0 Å². The molecule has 0 saturated heterocycles. The average molecular weight is 743 g/mol. The fourth-order valence-electron chi connectivity index (χ4n) is 9.05. The van der Waals surface area contributed by atoms with Crippen molar-refractivity contribution in [1.29, 1.82) is 0 Å². The lowest BCUT2D eigenvalue weighted by atomic mass is 9.94. The molecule has 0 aliphatic heterocycles. The van der Waals surface area contributed by atoms with Gasteiger partial charge in [-0.15, -0.1) is 11.3 Å². The molecule has 266 valence electrons. The molecule has 0 amide bonds. The highest BCUT2D eigenvalue weighted by atomic mass is 32.1. The normalized spacial score (nSPS) is 11.9. The van der Waals surface area contributed by atoms with Crippen LogP contribution < -0.4 is 4.90 Å². The van der Waals surface area contributed by atoms with E-state index in [0.717, 1.165) is 22.7 Å². The first-order valence-electron chi connectivity index (χ1n) is 19.5. The Balaban J connectivity index is 1.06. The molecule has 2 aromatic heterocycles. The number of hydrogen-bond acceptors (Lipinski definition) is 2. The van der Waals surface area contributed by atoms with Crippen molar-refractivity contribution in [3.63, 3.8) is 0 Å². The second-order valence-electron chi connectivity index (χ2n) is 14.9. The fraction of sp³-hybridized carbons (Fsp3) is 0. The van der Waals surface area contributed by atoms with Crippen LogP contribution in [-0.4, -0.2) is 4.57 Å². The monoisotopic (exact) mass is 742 g/mol. The van der Waals surface area contributed by atoms with E-state index in [1.165, 1.54) is 85.4 Å². The van der Waals surface area contributed by atoms with E-state index in [4.69, 9.17) is 0 Å². The van der Waals surface area contributed by atoms with Crippen LogP contribution in [0, 0.1) is 0 Å². The van der Waals surface area contributed by atoms with Gasteiger partial charge in [0.2, 0.25) is 0 Å². The number of fused-ring (bicyclic) bond motifs is 9. The molecule has 0 unspecified atom stereocenters. The smallest absolute Gasteiger partial charge is 0.0547 e. The van der Waals surface area contributed by atoms with Crippen LogP contribution >= 0.6 is 11.3 Å². The van der Waals surface area contributed by atoms with Gasteiger partial charge in [-0.05, 0) is 111 Å². The Kier molecular flexibility index (Phi) is 7.13. The largest absolute Gasteiger partial charge is 0.310 e. The zero-order chi connectivity index (χ0) is 37.5. The van der Waals surface area contributed by atoms with E-state index in [0.29, 0.717) is 0 Å². The second kappa shape index (κ2) is 12.7. The van der Waals surface area contributed by atoms with Gasteiger partial charge < -0.3 is 9.47 Å². The molecule has 0 bridgehead atoms. The Labute approximate surface area is 333 Å². The van der Waals surface area contributed by atoms with E-state index in [-0.39, 0.29) is 0 Å². The van der Waals surface area contributed by atoms with E-state index in [1.54, 1.807) is 0 Å². The molecule has 0 fully saturated rings. The van der Waals surface area contributed by atoms with Crippen molar-refractivity contribution in [3.8, 4) is 16.8 Å². The molecule has 0 saturated carbocycles. The van der Waals surface area contributed by atoms with E-state index in [2.05, 4.69) is 216 Å². The lowest BCUT2D eigenvalue weighted by Crippen LogP contribution is -2.11. The van der Waals surface area contributed by atoms with Gasteiger partial charge in [-0.3, -0.25) is 0 Å². The van der Waals surface area contributed by atoms with Crippen molar-refractivity contribution in [1.82, 2.24) is 4.57 Å². The number of para-hydroxylation sites is 1. The Morgan fingerprint density at radius 2 is 0.982 bits per heavy atom. The minimum atomic E-state index is 1.11. The van der Waals surface area contributed by atoms with Crippen molar-refractivity contribution in [3.05, 3.63) is 206 Å². The molecule has 0 atom stereocenters. The fourth-order valence-corrected chi connectivity index (χ4v) is 10.2. The minimum absolute atomic E-state index is 1.11. The van der Waals surface area contributed by atoms with Crippen LogP contribution in [0.2, 0.25) is 0 Å². The third-order valence-corrected chi connectivity index (χ3v) is 12.9. The van der Waals surface area contributed by atoms with Crippen molar-refractivity contribution < 1.29 is 0 Å². The number of rotatable bonds is 5. The maximum atomic E-state index is 2.44. The third kappa shape index (κ3) is 5.10. The van der Waals surface area contributed by atoms with Gasteiger partial charge in [-0.25, -0.2) is 0 Å². The molecule has 12 aromatic rings. The lowest BCUT2D eigenvalue weighted by molar-refractivity contribution is 1.18. The summed E-state index contributed by atoms with van der Waals surface area (Å²) in [5, 5.41) is 12.6. The van der Waals surface area contributed by atoms with Gasteiger partial charge >= 0.3 is 0 Å². The Hall–Kier alpha value is -7.20. The molecule has 0 aliphatic rings. The lowest BCUT2D eigenvalue weighted by Gasteiger charge is -2.28. The van der Waals surface area contributed by atoms with Gasteiger partial charge in [0.25, 0.3) is 0 Å². The summed E-state index contributed by atoms with van der Waals surface area (Å²) in [6.45, 7) is 0. The van der Waals surface area contributed by atoms with E-state index in [1.807, 2.05) is 11.3 Å². The first-order valence-corrected chi connectivity index (χ1v) is 20.3. The summed E-state index contributed by atoms with van der Waals surface area (Å²) >= 11 is 1.86. The van der Waals surface area contributed by atoms with Crippen molar-refractivity contribution >= 4 is 103 Å². The molecule has 0 spiro atoms. The van der Waals surface area contributed by atoms with Crippen LogP contribution in [0.15, 0.2) is 206 Å². The summed E-state index contributed by atoms with van der Waals surface area (Å²) in [5.74, 6) is 0. The molecule has 0 radical (unpaired) electrons. The Bertz CT molecular complexity index is 3530. The molecule has 10 aromatic carbocycles. The van der Waals surface area contributed by atoms with E-state index < -0.39 is 0 Å². The standard InChI is InChI=1S/C54H34N2S/c1-2-12-36-31-39(22-21-35(36)11-1)43-29-30-51(45-16-6-5-15-44(43)45)55(42-27-28-48-47-18-8-10-20-53(47)57-54(48)34-42)40-23-25-41(26-24-40)56-50-19-9-7-17-46(50)49-32-37-13-3-4-14-38(37)33-52(49)56/h1-34H. The number of aromatic nitrogens is 1. The zero-order valence-corrected chi connectivity index (χ0v) is 31.7. The van der Waals surface area contributed by atoms with Crippen molar-refractivity contribution in [2.24, 2.45) is 0 Å². The van der Waals surface area contributed by atoms with E-state index >= 15 is 0 Å². The Morgan fingerprint density at radius 3 is 1.81 bits per heavy atom. The summed E-state index contributed by atoms with van der Waals surface area (Å²) in [5.41, 5.74) is 9.39. The summed E-state index contributed by atoms with van der Waals surface area (Å²) in [4.78, 5) is 2.44. The van der Waals surface area contributed by atoms with Crippen LogP contribution in [0.5, 0.6) is 0 Å². The number of anilines is 3. The molecule has 2 heterocycles. The summed E-state index contributed by atoms with van der Waals surface area (Å²) < 4.78 is 5.01. The number of hydrogen-bond donors (Lipinski definition) is 0. The number of nitrogens with zero attached hydrogens (tertiary/aromatic N) is 2. The molecular weight excluding hydrogens is 709 g/mol. The molecule has 2 nitrogen and oxygen atoms in total. The molecule has 0 N–H and O–H groups in total. The molecular formula is C54H34N2S. The van der Waals surface area contributed by atoms with Crippen molar-refractivity contribution in [2.75, 3.05) is 4.90 Å². The van der Waals surface area contributed by atoms with Gasteiger partial charge in [-0.2, -0.15) is 0 Å². The van der Waals surface area contributed by atoms with Crippen LogP contribution in [0.3, 0.4) is 0 Å². The number of benzene rings is 10. The highest BCUT2D eigenvalue weighted by Crippen LogP contribution is 2.45. The highest BCUT2D eigenvalue weighted by molar-refractivity contribution is 7.25. The first kappa shape index (κ1) is 32.1. The molecule has 0 aliphatic carbocycles. The third-order valence-electron chi connectivity index (χ3n) is 11.7. The van der Waals surface area contributed by atoms with Crippen molar-refractivity contribution in [2.45, 2.75) is 0 Å². The van der Waals surface area contributed by atoms with Gasteiger partial charge in [-0.1, -0.05) is 133 Å². The zero-order valence-electron chi connectivity index (χ0n) is 30.9. The highest BCUT2D eigenvalue weighted by Gasteiger charge is 2.20.